The molecule has 0 spiro atoms. The largest absolute Gasteiger partial charge is 0.318 e. The average molecular weight is 564 g/mol. The molecule has 0 bridgehead atoms. The first-order valence-electron chi connectivity index (χ1n) is 8.91. The van der Waals surface area contributed by atoms with Crippen molar-refractivity contribution in [2.75, 3.05) is 10.3 Å². The van der Waals surface area contributed by atoms with E-state index in [4.69, 9.17) is 17.4 Å². The van der Waals surface area contributed by atoms with Crippen LogP contribution in [0.25, 0.3) is 16.6 Å². The van der Waals surface area contributed by atoms with E-state index in [0.717, 1.165) is 15.8 Å². The number of amides is 2. The predicted molar refractivity (Wildman–Crippen MR) is 129 cm³/mol. The summed E-state index contributed by atoms with van der Waals surface area (Å²) in [6.07, 6.45) is 3.75. The van der Waals surface area contributed by atoms with Crippen molar-refractivity contribution in [2.24, 2.45) is 5.84 Å². The maximum atomic E-state index is 13.3. The maximum absolute atomic E-state index is 13.3. The summed E-state index contributed by atoms with van der Waals surface area (Å²) in [6, 6.07) is 14.3. The second kappa shape index (κ2) is 8.80. The Labute approximate surface area is 199 Å². The van der Waals surface area contributed by atoms with Crippen LogP contribution in [0.5, 0.6) is 0 Å². The van der Waals surface area contributed by atoms with Gasteiger partial charge in [0.25, 0.3) is 5.91 Å². The van der Waals surface area contributed by atoms with Crippen LogP contribution in [0, 0.1) is 0 Å². The van der Waals surface area contributed by atoms with E-state index in [0.29, 0.717) is 37.6 Å². The zero-order valence-electron chi connectivity index (χ0n) is 15.7. The van der Waals surface area contributed by atoms with Crippen molar-refractivity contribution in [1.82, 2.24) is 9.55 Å². The second-order valence-electron chi connectivity index (χ2n) is 6.50. The second-order valence-corrected chi connectivity index (χ2v) is 8.61. The number of hydrogen-bond acceptors (Lipinski definition) is 4. The van der Waals surface area contributed by atoms with Crippen LogP contribution < -0.4 is 16.2 Å². The molecule has 0 aliphatic rings. The van der Waals surface area contributed by atoms with Crippen LogP contribution in [0.4, 0.5) is 11.4 Å². The van der Waals surface area contributed by atoms with Gasteiger partial charge in [0.05, 0.1) is 20.9 Å². The van der Waals surface area contributed by atoms with Gasteiger partial charge in [-0.3, -0.25) is 14.2 Å². The number of pyridine rings is 1. The van der Waals surface area contributed by atoms with Crippen molar-refractivity contribution in [2.45, 2.75) is 0 Å². The number of carbonyl (C=O) groups excluding carboxylic acids is 2. The molecule has 10 heteroatoms. The van der Waals surface area contributed by atoms with Crippen LogP contribution in [-0.4, -0.2) is 21.9 Å². The Morgan fingerprint density at radius 1 is 1.19 bits per heavy atom. The Kier molecular flexibility index (Phi) is 6.10. The molecule has 4 rings (SSSR count). The zero-order chi connectivity index (χ0) is 22.1. The van der Waals surface area contributed by atoms with Crippen molar-refractivity contribution >= 4 is 77.9 Å². The Bertz CT molecular complexity index is 1320. The number of nitrogens with one attached hydrogen (secondary N) is 1. The van der Waals surface area contributed by atoms with E-state index in [2.05, 4.69) is 42.2 Å². The lowest BCUT2D eigenvalue weighted by atomic mass is 10.1. The Balaban J connectivity index is 1.82. The number of halogens is 3. The quantitative estimate of drug-likeness (QED) is 0.149. The summed E-state index contributed by atoms with van der Waals surface area (Å²) in [5.74, 6) is 5.84. The van der Waals surface area contributed by atoms with Crippen molar-refractivity contribution in [1.29, 1.82) is 0 Å². The highest BCUT2D eigenvalue weighted by Gasteiger charge is 2.21. The fourth-order valence-corrected chi connectivity index (χ4v) is 4.48. The minimum absolute atomic E-state index is 0.285. The van der Waals surface area contributed by atoms with E-state index < -0.39 is 5.91 Å². The molecule has 0 saturated carbocycles. The first kappa shape index (κ1) is 21.5. The molecule has 4 aromatic rings. The number of anilines is 2. The molecule has 3 N–H and O–H groups in total. The summed E-state index contributed by atoms with van der Waals surface area (Å²) < 4.78 is 2.85. The third kappa shape index (κ3) is 4.09. The summed E-state index contributed by atoms with van der Waals surface area (Å²) in [6.45, 7) is 0. The SMILES string of the molecule is NN(C=O)c1cc2ccccc2c(Br)c1NC(=O)c1cc(Br)cn1-c1ncccc1Cl. The number of nitrogens with two attached hydrogens (primary N) is 1. The molecule has 0 aliphatic heterocycles. The van der Waals surface area contributed by atoms with Crippen molar-refractivity contribution in [3.05, 3.63) is 80.6 Å². The third-order valence-electron chi connectivity index (χ3n) is 4.58. The average Bonchev–Trinajstić information content (AvgIpc) is 3.16. The highest BCUT2D eigenvalue weighted by atomic mass is 79.9. The van der Waals surface area contributed by atoms with Crippen LogP contribution in [-0.2, 0) is 4.79 Å². The number of benzene rings is 2. The number of rotatable bonds is 5. The first-order chi connectivity index (χ1) is 14.9. The summed E-state index contributed by atoms with van der Waals surface area (Å²) in [7, 11) is 0. The van der Waals surface area contributed by atoms with E-state index in [1.54, 1.807) is 41.2 Å². The van der Waals surface area contributed by atoms with Crippen LogP contribution in [0.15, 0.2) is 69.9 Å². The van der Waals surface area contributed by atoms with Gasteiger partial charge in [-0.25, -0.2) is 15.8 Å². The minimum atomic E-state index is -0.441. The Morgan fingerprint density at radius 3 is 2.71 bits per heavy atom. The molecule has 0 radical (unpaired) electrons. The van der Waals surface area contributed by atoms with Gasteiger partial charge >= 0.3 is 0 Å². The van der Waals surface area contributed by atoms with E-state index in [9.17, 15) is 9.59 Å². The van der Waals surface area contributed by atoms with Gasteiger partial charge in [0.1, 0.15) is 5.69 Å². The minimum Gasteiger partial charge on any atom is -0.318 e. The molecule has 0 atom stereocenters. The van der Waals surface area contributed by atoms with Gasteiger partial charge in [0.2, 0.25) is 6.41 Å². The fourth-order valence-electron chi connectivity index (χ4n) is 3.18. The summed E-state index contributed by atoms with van der Waals surface area (Å²) in [5.41, 5.74) is 0.976. The topological polar surface area (TPSA) is 93.3 Å². The lowest BCUT2D eigenvalue weighted by Crippen LogP contribution is -2.30. The van der Waals surface area contributed by atoms with Gasteiger partial charge in [-0.15, -0.1) is 0 Å². The molecule has 156 valence electrons. The Morgan fingerprint density at radius 2 is 1.97 bits per heavy atom. The lowest BCUT2D eigenvalue weighted by Gasteiger charge is -2.20. The van der Waals surface area contributed by atoms with Crippen molar-refractivity contribution < 1.29 is 9.59 Å². The number of fused-ring (bicyclic) bond motifs is 1. The van der Waals surface area contributed by atoms with E-state index in [-0.39, 0.29) is 5.69 Å². The molecule has 2 aromatic carbocycles. The molecular formula is C21H14Br2ClN5O2. The standard InChI is InChI=1S/C21H14Br2ClN5O2/c22-13-9-17(28(10-13)20-15(24)6-3-7-26-20)21(31)27-19-16(29(25)11-30)8-12-4-1-2-5-14(12)18(19)23/h1-11H,25H2,(H,27,31). The molecule has 31 heavy (non-hydrogen) atoms. The van der Waals surface area contributed by atoms with Crippen molar-refractivity contribution in [3.8, 4) is 5.82 Å². The monoisotopic (exact) mass is 561 g/mol. The number of hydrogen-bond donors (Lipinski definition) is 2. The van der Waals surface area contributed by atoms with E-state index in [1.807, 2.05) is 24.3 Å². The van der Waals surface area contributed by atoms with Crippen molar-refractivity contribution in [3.63, 3.8) is 0 Å². The maximum Gasteiger partial charge on any atom is 0.272 e. The first-order valence-corrected chi connectivity index (χ1v) is 10.9. The summed E-state index contributed by atoms with van der Waals surface area (Å²) in [5, 5.41) is 5.88. The van der Waals surface area contributed by atoms with Crippen LogP contribution >= 0.6 is 43.5 Å². The lowest BCUT2D eigenvalue weighted by molar-refractivity contribution is -0.107. The van der Waals surface area contributed by atoms with Crippen LogP contribution in [0.2, 0.25) is 5.02 Å². The van der Waals surface area contributed by atoms with E-state index >= 15 is 0 Å². The zero-order valence-corrected chi connectivity index (χ0v) is 19.6. The van der Waals surface area contributed by atoms with Gasteiger partial charge in [-0.05, 0) is 66.9 Å². The molecule has 0 fully saturated rings. The number of hydrazine groups is 1. The molecule has 0 unspecified atom stereocenters. The third-order valence-corrected chi connectivity index (χ3v) is 6.13. The highest BCUT2D eigenvalue weighted by Crippen LogP contribution is 2.39. The molecule has 0 aliphatic carbocycles. The number of nitrogens with zero attached hydrogens (tertiary/aromatic N) is 3. The predicted octanol–water partition coefficient (Wildman–Crippen LogP) is 5.29. The fraction of sp³-hybridized carbons (Fsp3) is 0. The molecule has 0 saturated heterocycles. The van der Waals surface area contributed by atoms with Gasteiger partial charge < -0.3 is 5.32 Å². The normalized spacial score (nSPS) is 10.8. The van der Waals surface area contributed by atoms with Crippen LogP contribution in [0.1, 0.15) is 10.5 Å². The molecule has 7 nitrogen and oxygen atoms in total. The molecule has 2 heterocycles. The highest BCUT2D eigenvalue weighted by molar-refractivity contribution is 9.11. The van der Waals surface area contributed by atoms with Gasteiger partial charge in [0, 0.05) is 16.9 Å². The number of carbonyl (C=O) groups is 2. The smallest absolute Gasteiger partial charge is 0.272 e. The molecular weight excluding hydrogens is 550 g/mol. The Hall–Kier alpha value is -2.72. The van der Waals surface area contributed by atoms with E-state index in [1.165, 1.54) is 0 Å². The van der Waals surface area contributed by atoms with Gasteiger partial charge in [0.15, 0.2) is 5.82 Å². The van der Waals surface area contributed by atoms with Gasteiger partial charge in [-0.1, -0.05) is 35.9 Å². The summed E-state index contributed by atoms with van der Waals surface area (Å²) >= 11 is 13.2. The molecule has 2 aromatic heterocycles. The van der Waals surface area contributed by atoms with Gasteiger partial charge in [-0.2, -0.15) is 0 Å². The molecule has 2 amide bonds. The van der Waals surface area contributed by atoms with Crippen LogP contribution in [0.3, 0.4) is 0 Å². The summed E-state index contributed by atoms with van der Waals surface area (Å²) in [4.78, 5) is 28.9. The number of aromatic nitrogens is 2.